The maximum absolute atomic E-state index is 5.54. The van der Waals surface area contributed by atoms with Gasteiger partial charge < -0.3 is 4.74 Å². The van der Waals surface area contributed by atoms with E-state index in [-0.39, 0.29) is 0 Å². The van der Waals surface area contributed by atoms with E-state index in [0.717, 1.165) is 29.0 Å². The minimum Gasteiger partial charge on any atom is -0.419 e. The molecule has 2 aromatic heterocycles. The molecule has 0 unspecified atom stereocenters. The van der Waals surface area contributed by atoms with Crippen molar-refractivity contribution < 1.29 is 4.74 Å². The molecule has 2 heterocycles. The molecule has 2 aromatic rings. The fraction of sp³-hybridized carbons (Fsp3) is 0.364. The standard InChI is InChI=1S/C11H13BrN4O/c1-3-4-9-13-8(12)6-10(14-9)17-11-5-7(2)15-16-11/h5-6H,3-4H2,1-2H3,(H,15,16). The zero-order valence-electron chi connectivity index (χ0n) is 9.70. The van der Waals surface area contributed by atoms with Gasteiger partial charge in [0.05, 0.1) is 0 Å². The molecule has 0 saturated carbocycles. The summed E-state index contributed by atoms with van der Waals surface area (Å²) in [5.41, 5.74) is 0.946. The van der Waals surface area contributed by atoms with Crippen LogP contribution in [0.5, 0.6) is 11.8 Å². The lowest BCUT2D eigenvalue weighted by Crippen LogP contribution is -1.97. The Hall–Kier alpha value is -1.43. The molecule has 5 nitrogen and oxygen atoms in total. The molecule has 6 heteroatoms. The molecule has 0 aliphatic carbocycles. The quantitative estimate of drug-likeness (QED) is 0.881. The Kier molecular flexibility index (Phi) is 3.73. The highest BCUT2D eigenvalue weighted by Gasteiger charge is 2.06. The van der Waals surface area contributed by atoms with E-state index in [2.05, 4.69) is 43.0 Å². The molecular weight excluding hydrogens is 284 g/mol. The lowest BCUT2D eigenvalue weighted by molar-refractivity contribution is 0.438. The summed E-state index contributed by atoms with van der Waals surface area (Å²) in [7, 11) is 0. The van der Waals surface area contributed by atoms with Crippen LogP contribution in [-0.2, 0) is 6.42 Å². The fourth-order valence-electron chi connectivity index (χ4n) is 1.38. The topological polar surface area (TPSA) is 63.7 Å². The first kappa shape index (κ1) is 12.0. The van der Waals surface area contributed by atoms with Gasteiger partial charge in [0.25, 0.3) is 0 Å². The van der Waals surface area contributed by atoms with Crippen molar-refractivity contribution in [2.45, 2.75) is 26.7 Å². The maximum Gasteiger partial charge on any atom is 0.240 e. The fourth-order valence-corrected chi connectivity index (χ4v) is 1.78. The number of hydrogen-bond donors (Lipinski definition) is 1. The summed E-state index contributed by atoms with van der Waals surface area (Å²) in [6.45, 7) is 4.00. The summed E-state index contributed by atoms with van der Waals surface area (Å²) < 4.78 is 6.26. The molecule has 1 N–H and O–H groups in total. The first-order valence-corrected chi connectivity index (χ1v) is 6.20. The molecule has 2 rings (SSSR count). The van der Waals surface area contributed by atoms with Crippen molar-refractivity contribution in [3.05, 3.63) is 28.3 Å². The van der Waals surface area contributed by atoms with Crippen LogP contribution in [0.15, 0.2) is 16.7 Å². The highest BCUT2D eigenvalue weighted by Crippen LogP contribution is 2.20. The summed E-state index contributed by atoms with van der Waals surface area (Å²) in [5, 5.41) is 6.81. The van der Waals surface area contributed by atoms with Crippen LogP contribution >= 0.6 is 15.9 Å². The van der Waals surface area contributed by atoms with Crippen LogP contribution in [0.4, 0.5) is 0 Å². The summed E-state index contributed by atoms with van der Waals surface area (Å²) in [5.74, 6) is 1.78. The van der Waals surface area contributed by atoms with Crippen molar-refractivity contribution in [1.29, 1.82) is 0 Å². The highest BCUT2D eigenvalue weighted by atomic mass is 79.9. The third-order valence-corrected chi connectivity index (χ3v) is 2.49. The minimum absolute atomic E-state index is 0.502. The molecule has 0 amide bonds. The Morgan fingerprint density at radius 2 is 2.12 bits per heavy atom. The number of aromatic nitrogens is 4. The molecule has 0 spiro atoms. The van der Waals surface area contributed by atoms with Crippen LogP contribution < -0.4 is 4.74 Å². The number of aromatic amines is 1. The average Bonchev–Trinajstić information content (AvgIpc) is 2.63. The number of nitrogens with one attached hydrogen (secondary N) is 1. The van der Waals surface area contributed by atoms with Crippen LogP contribution in [0.2, 0.25) is 0 Å². The minimum atomic E-state index is 0.502. The van der Waals surface area contributed by atoms with E-state index in [1.165, 1.54) is 0 Å². The first-order valence-electron chi connectivity index (χ1n) is 5.40. The van der Waals surface area contributed by atoms with Gasteiger partial charge in [0.1, 0.15) is 10.4 Å². The summed E-state index contributed by atoms with van der Waals surface area (Å²) >= 11 is 3.34. The SMILES string of the molecule is CCCc1nc(Br)cc(Oc2cc(C)[nH]n2)n1. The lowest BCUT2D eigenvalue weighted by atomic mass is 10.3. The largest absolute Gasteiger partial charge is 0.419 e. The highest BCUT2D eigenvalue weighted by molar-refractivity contribution is 9.10. The Morgan fingerprint density at radius 1 is 1.29 bits per heavy atom. The van der Waals surface area contributed by atoms with Crippen molar-refractivity contribution in [2.75, 3.05) is 0 Å². The van der Waals surface area contributed by atoms with Crippen LogP contribution in [-0.4, -0.2) is 20.2 Å². The maximum atomic E-state index is 5.54. The molecule has 0 bridgehead atoms. The van der Waals surface area contributed by atoms with E-state index in [1.54, 1.807) is 6.07 Å². The van der Waals surface area contributed by atoms with Crippen molar-refractivity contribution in [1.82, 2.24) is 20.2 Å². The molecule has 0 aliphatic heterocycles. The van der Waals surface area contributed by atoms with Crippen molar-refractivity contribution in [3.8, 4) is 11.8 Å². The molecule has 0 atom stereocenters. The smallest absolute Gasteiger partial charge is 0.240 e. The van der Waals surface area contributed by atoms with Crippen LogP contribution in [0.1, 0.15) is 24.9 Å². The predicted molar refractivity (Wildman–Crippen MR) is 67.1 cm³/mol. The summed E-state index contributed by atoms with van der Waals surface area (Å²) in [4.78, 5) is 8.58. The van der Waals surface area contributed by atoms with Crippen LogP contribution in [0.3, 0.4) is 0 Å². The Morgan fingerprint density at radius 3 is 2.76 bits per heavy atom. The van der Waals surface area contributed by atoms with Crippen molar-refractivity contribution in [3.63, 3.8) is 0 Å². The molecule has 17 heavy (non-hydrogen) atoms. The van der Waals surface area contributed by atoms with E-state index < -0.39 is 0 Å². The van der Waals surface area contributed by atoms with Gasteiger partial charge in [0, 0.05) is 24.2 Å². The third-order valence-electron chi connectivity index (χ3n) is 2.08. The Bertz CT molecular complexity index is 512. The number of rotatable bonds is 4. The van der Waals surface area contributed by atoms with E-state index in [1.807, 2.05) is 13.0 Å². The molecule has 0 radical (unpaired) electrons. The van der Waals surface area contributed by atoms with Crippen LogP contribution in [0.25, 0.3) is 0 Å². The van der Waals surface area contributed by atoms with Crippen LogP contribution in [0, 0.1) is 6.92 Å². The molecule has 0 saturated heterocycles. The van der Waals surface area contributed by atoms with Crippen molar-refractivity contribution in [2.24, 2.45) is 0 Å². The molecule has 0 aromatic carbocycles. The molecule has 0 fully saturated rings. The monoisotopic (exact) mass is 296 g/mol. The second-order valence-corrected chi connectivity index (χ2v) is 4.50. The van der Waals surface area contributed by atoms with Gasteiger partial charge in [0.15, 0.2) is 0 Å². The number of ether oxygens (including phenoxy) is 1. The van der Waals surface area contributed by atoms with Gasteiger partial charge >= 0.3 is 0 Å². The van der Waals surface area contributed by atoms with Gasteiger partial charge in [-0.1, -0.05) is 6.92 Å². The average molecular weight is 297 g/mol. The number of aryl methyl sites for hydroxylation is 2. The second-order valence-electron chi connectivity index (χ2n) is 3.69. The number of halogens is 1. The first-order chi connectivity index (χ1) is 8.17. The molecular formula is C11H13BrN4O. The van der Waals surface area contributed by atoms with E-state index in [9.17, 15) is 0 Å². The van der Waals surface area contributed by atoms with Gasteiger partial charge in [-0.05, 0) is 29.3 Å². The third kappa shape index (κ3) is 3.26. The van der Waals surface area contributed by atoms with Gasteiger partial charge in [-0.2, -0.15) is 4.98 Å². The molecule has 0 aliphatic rings. The van der Waals surface area contributed by atoms with Crippen molar-refractivity contribution >= 4 is 15.9 Å². The number of H-pyrrole nitrogens is 1. The second kappa shape index (κ2) is 5.27. The number of hydrogen-bond acceptors (Lipinski definition) is 4. The van der Waals surface area contributed by atoms with E-state index >= 15 is 0 Å². The zero-order chi connectivity index (χ0) is 12.3. The zero-order valence-corrected chi connectivity index (χ0v) is 11.3. The van der Waals surface area contributed by atoms with E-state index in [4.69, 9.17) is 4.74 Å². The normalized spacial score (nSPS) is 10.5. The Labute approximate surface area is 108 Å². The van der Waals surface area contributed by atoms with Gasteiger partial charge in [0.2, 0.25) is 11.8 Å². The predicted octanol–water partition coefficient (Wildman–Crippen LogP) is 3.02. The summed E-state index contributed by atoms with van der Waals surface area (Å²) in [6.07, 6.45) is 1.83. The number of nitrogens with zero attached hydrogens (tertiary/aromatic N) is 3. The van der Waals surface area contributed by atoms with Gasteiger partial charge in [-0.15, -0.1) is 5.10 Å². The lowest BCUT2D eigenvalue weighted by Gasteiger charge is -2.04. The summed E-state index contributed by atoms with van der Waals surface area (Å²) in [6, 6.07) is 3.54. The van der Waals surface area contributed by atoms with Gasteiger partial charge in [-0.3, -0.25) is 5.10 Å². The Balaban J connectivity index is 2.20. The van der Waals surface area contributed by atoms with E-state index in [0.29, 0.717) is 11.8 Å². The molecule has 90 valence electrons. The van der Waals surface area contributed by atoms with Gasteiger partial charge in [-0.25, -0.2) is 4.98 Å².